The number of amides is 1. The fraction of sp³-hybridized carbons (Fsp3) is 0.667. The second-order valence-electron chi connectivity index (χ2n) is 6.32. The highest BCUT2D eigenvalue weighted by molar-refractivity contribution is 6.29. The summed E-state index contributed by atoms with van der Waals surface area (Å²) in [7, 11) is 0. The van der Waals surface area contributed by atoms with Crippen molar-refractivity contribution in [1.29, 1.82) is 0 Å². The van der Waals surface area contributed by atoms with Crippen molar-refractivity contribution in [3.05, 3.63) is 17.0 Å². The van der Waals surface area contributed by atoms with E-state index in [1.54, 1.807) is 6.07 Å². The first-order valence-electron chi connectivity index (χ1n) is 7.97. The van der Waals surface area contributed by atoms with Crippen LogP contribution in [0.15, 0.2) is 6.07 Å². The Morgan fingerprint density at radius 2 is 1.92 bits per heavy atom. The van der Waals surface area contributed by atoms with Gasteiger partial charge in [-0.3, -0.25) is 4.79 Å². The molecule has 1 saturated carbocycles. The van der Waals surface area contributed by atoms with Crippen LogP contribution in [0.4, 0.5) is 19.0 Å². The Kier molecular flexibility index (Phi) is 4.85. The van der Waals surface area contributed by atoms with Crippen molar-refractivity contribution in [3.63, 3.8) is 0 Å². The Morgan fingerprint density at radius 3 is 2.50 bits per heavy atom. The molecule has 1 aliphatic carbocycles. The number of nitrogens with one attached hydrogen (secondary N) is 1. The quantitative estimate of drug-likeness (QED) is 0.835. The van der Waals surface area contributed by atoms with Crippen molar-refractivity contribution < 1.29 is 18.0 Å². The van der Waals surface area contributed by atoms with E-state index in [-0.39, 0.29) is 19.0 Å². The predicted octanol–water partition coefficient (Wildman–Crippen LogP) is 3.22. The maximum absolute atomic E-state index is 12.4. The lowest BCUT2D eigenvalue weighted by molar-refractivity contribution is -0.186. The van der Waals surface area contributed by atoms with Crippen LogP contribution in [0.25, 0.3) is 0 Å². The van der Waals surface area contributed by atoms with Crippen LogP contribution in [0, 0.1) is 5.92 Å². The molecule has 9 heteroatoms. The third-order valence-corrected chi connectivity index (χ3v) is 4.56. The molecule has 0 aromatic carbocycles. The number of rotatable bonds is 4. The van der Waals surface area contributed by atoms with E-state index in [9.17, 15) is 18.0 Å². The summed E-state index contributed by atoms with van der Waals surface area (Å²) in [5.74, 6) is 0.230. The van der Waals surface area contributed by atoms with Crippen LogP contribution in [-0.2, 0) is 4.79 Å². The van der Waals surface area contributed by atoms with Crippen LogP contribution in [-0.4, -0.2) is 46.6 Å². The molecule has 0 radical (unpaired) electrons. The van der Waals surface area contributed by atoms with E-state index in [0.717, 1.165) is 23.6 Å². The predicted molar refractivity (Wildman–Crippen MR) is 82.9 cm³/mol. The zero-order valence-corrected chi connectivity index (χ0v) is 13.7. The summed E-state index contributed by atoms with van der Waals surface area (Å²) in [6, 6.07) is 1.65. The molecule has 1 saturated heterocycles. The van der Waals surface area contributed by atoms with Gasteiger partial charge in [-0.05, 0) is 31.6 Å². The van der Waals surface area contributed by atoms with E-state index >= 15 is 0 Å². The van der Waals surface area contributed by atoms with Crippen molar-refractivity contribution in [2.45, 2.75) is 37.8 Å². The molecule has 0 unspecified atom stereocenters. The first-order chi connectivity index (χ1) is 11.3. The van der Waals surface area contributed by atoms with Gasteiger partial charge in [0, 0.05) is 31.6 Å². The molecule has 2 heterocycles. The van der Waals surface area contributed by atoms with E-state index in [2.05, 4.69) is 15.3 Å². The molecule has 0 spiro atoms. The van der Waals surface area contributed by atoms with Crippen molar-refractivity contribution in [1.82, 2.24) is 14.9 Å². The molecule has 2 fully saturated rings. The van der Waals surface area contributed by atoms with Gasteiger partial charge in [-0.1, -0.05) is 11.6 Å². The molecule has 1 aliphatic heterocycles. The largest absolute Gasteiger partial charge is 0.471 e. The number of carbonyl (C=O) groups is 1. The number of halogens is 4. The van der Waals surface area contributed by atoms with Crippen LogP contribution in [0.3, 0.4) is 0 Å². The van der Waals surface area contributed by atoms with Gasteiger partial charge < -0.3 is 10.2 Å². The van der Waals surface area contributed by atoms with E-state index in [4.69, 9.17) is 11.6 Å². The molecule has 2 aliphatic rings. The molecule has 1 N–H and O–H groups in total. The molecule has 5 nitrogen and oxygen atoms in total. The van der Waals surface area contributed by atoms with Gasteiger partial charge in [0.25, 0.3) is 0 Å². The SMILES string of the molecule is O=C(N1CCC(CNc2cc(Cl)nc(C3CC3)n2)CC1)C(F)(F)F. The summed E-state index contributed by atoms with van der Waals surface area (Å²) < 4.78 is 37.2. The molecule has 24 heavy (non-hydrogen) atoms. The highest BCUT2D eigenvalue weighted by Gasteiger charge is 2.43. The fourth-order valence-electron chi connectivity index (χ4n) is 2.82. The minimum Gasteiger partial charge on any atom is -0.370 e. The van der Waals surface area contributed by atoms with Gasteiger partial charge in [0.05, 0.1) is 0 Å². The summed E-state index contributed by atoms with van der Waals surface area (Å²) in [5, 5.41) is 3.58. The number of alkyl halides is 3. The molecular formula is C15H18ClF3N4O. The lowest BCUT2D eigenvalue weighted by Crippen LogP contribution is -2.46. The monoisotopic (exact) mass is 362 g/mol. The summed E-state index contributed by atoms with van der Waals surface area (Å²) in [6.45, 7) is 0.844. The molecule has 132 valence electrons. The molecule has 0 atom stereocenters. The number of nitrogens with zero attached hydrogens (tertiary/aromatic N) is 3. The number of anilines is 1. The average molecular weight is 363 g/mol. The molecule has 1 aromatic heterocycles. The van der Waals surface area contributed by atoms with Gasteiger partial charge in [0.15, 0.2) is 0 Å². The van der Waals surface area contributed by atoms with Gasteiger partial charge in [-0.15, -0.1) is 0 Å². The highest BCUT2D eigenvalue weighted by Crippen LogP contribution is 2.38. The molecule has 1 amide bonds. The first kappa shape index (κ1) is 17.3. The molecule has 3 rings (SSSR count). The third-order valence-electron chi connectivity index (χ3n) is 4.37. The van der Waals surface area contributed by atoms with Gasteiger partial charge in [0.1, 0.15) is 16.8 Å². The number of hydrogen-bond donors (Lipinski definition) is 1. The Hall–Kier alpha value is -1.57. The summed E-state index contributed by atoms with van der Waals surface area (Å²) in [4.78, 5) is 20.7. The summed E-state index contributed by atoms with van der Waals surface area (Å²) >= 11 is 6.00. The van der Waals surface area contributed by atoms with E-state index in [1.807, 2.05) is 0 Å². The standard InChI is InChI=1S/C15H18ClF3N4O/c16-11-7-12(22-13(21-11)10-1-2-10)20-8-9-3-5-23(6-4-9)14(24)15(17,18)19/h7,9-10H,1-6,8H2,(H,20,21,22). The van der Waals surface area contributed by atoms with E-state index in [0.29, 0.717) is 36.3 Å². The van der Waals surface area contributed by atoms with Crippen molar-refractivity contribution >= 4 is 23.3 Å². The van der Waals surface area contributed by atoms with Crippen LogP contribution in [0.2, 0.25) is 5.15 Å². The van der Waals surface area contributed by atoms with Crippen molar-refractivity contribution in [2.75, 3.05) is 25.0 Å². The maximum Gasteiger partial charge on any atom is 0.471 e. The summed E-state index contributed by atoms with van der Waals surface area (Å²) in [5.41, 5.74) is 0. The second-order valence-corrected chi connectivity index (χ2v) is 6.71. The lowest BCUT2D eigenvalue weighted by Gasteiger charge is -2.32. The van der Waals surface area contributed by atoms with Crippen LogP contribution in [0.1, 0.15) is 37.4 Å². The summed E-state index contributed by atoms with van der Waals surface area (Å²) in [6.07, 6.45) is -1.58. The van der Waals surface area contributed by atoms with Gasteiger partial charge in [-0.25, -0.2) is 9.97 Å². The van der Waals surface area contributed by atoms with Gasteiger partial charge in [-0.2, -0.15) is 13.2 Å². The molecule has 1 aromatic rings. The van der Waals surface area contributed by atoms with Crippen LogP contribution < -0.4 is 5.32 Å². The topological polar surface area (TPSA) is 58.1 Å². The lowest BCUT2D eigenvalue weighted by atomic mass is 9.96. The number of carbonyl (C=O) groups excluding carboxylic acids is 1. The number of aromatic nitrogens is 2. The highest BCUT2D eigenvalue weighted by atomic mass is 35.5. The number of likely N-dealkylation sites (tertiary alicyclic amines) is 1. The minimum atomic E-state index is -4.79. The van der Waals surface area contributed by atoms with Crippen molar-refractivity contribution in [2.24, 2.45) is 5.92 Å². The van der Waals surface area contributed by atoms with Crippen LogP contribution >= 0.6 is 11.6 Å². The van der Waals surface area contributed by atoms with E-state index < -0.39 is 12.1 Å². The zero-order chi connectivity index (χ0) is 17.3. The zero-order valence-electron chi connectivity index (χ0n) is 12.9. The molecular weight excluding hydrogens is 345 g/mol. The minimum absolute atomic E-state index is 0.128. The second kappa shape index (κ2) is 6.74. The smallest absolute Gasteiger partial charge is 0.370 e. The Morgan fingerprint density at radius 1 is 1.25 bits per heavy atom. The Balaban J connectivity index is 1.49. The number of piperidine rings is 1. The van der Waals surface area contributed by atoms with Gasteiger partial charge in [0.2, 0.25) is 0 Å². The number of hydrogen-bond acceptors (Lipinski definition) is 4. The van der Waals surface area contributed by atoms with Gasteiger partial charge >= 0.3 is 12.1 Å². The average Bonchev–Trinajstić information content (AvgIpc) is 3.36. The Bertz CT molecular complexity index is 613. The normalized spacial score (nSPS) is 19.4. The van der Waals surface area contributed by atoms with Crippen LogP contribution in [0.5, 0.6) is 0 Å². The molecule has 0 bridgehead atoms. The van der Waals surface area contributed by atoms with E-state index in [1.165, 1.54) is 0 Å². The maximum atomic E-state index is 12.4. The fourth-order valence-corrected chi connectivity index (χ4v) is 3.01. The van der Waals surface area contributed by atoms with Crippen molar-refractivity contribution in [3.8, 4) is 0 Å². The first-order valence-corrected chi connectivity index (χ1v) is 8.35. The third kappa shape index (κ3) is 4.28. The Labute approximate surface area is 142 Å².